The molecule has 1 aromatic carbocycles. The first-order valence-electron chi connectivity index (χ1n) is 5.68. The van der Waals surface area contributed by atoms with Crippen LogP contribution in [-0.2, 0) is 6.54 Å². The Bertz CT molecular complexity index is 357. The highest BCUT2D eigenvalue weighted by atomic mass is 79.9. The Morgan fingerprint density at radius 2 is 2.18 bits per heavy atom. The average molecular weight is 321 g/mol. The monoisotopic (exact) mass is 319 g/mol. The van der Waals surface area contributed by atoms with E-state index in [1.54, 1.807) is 7.11 Å². The molecule has 0 aromatic heterocycles. The summed E-state index contributed by atoms with van der Waals surface area (Å²) < 4.78 is 5.33. The lowest BCUT2D eigenvalue weighted by Gasteiger charge is -2.19. The van der Waals surface area contributed by atoms with Crippen molar-refractivity contribution in [3.8, 4) is 5.75 Å². The van der Waals surface area contributed by atoms with Crippen LogP contribution >= 0.6 is 27.5 Å². The summed E-state index contributed by atoms with van der Waals surface area (Å²) in [5.74, 6) is 0.896. The standard InChI is InChI=1S/C13H19BrClNO/c1-10(14)6-7-16(2)9-11-8-12(15)4-5-13(11)17-3/h4-5,8,10H,6-7,9H2,1-3H3. The quantitative estimate of drug-likeness (QED) is 0.736. The van der Waals surface area contributed by atoms with E-state index in [4.69, 9.17) is 16.3 Å². The van der Waals surface area contributed by atoms with Gasteiger partial charge in [0.1, 0.15) is 5.75 Å². The van der Waals surface area contributed by atoms with Crippen molar-refractivity contribution < 1.29 is 4.74 Å². The maximum absolute atomic E-state index is 6.00. The number of hydrogen-bond donors (Lipinski definition) is 0. The summed E-state index contributed by atoms with van der Waals surface area (Å²) in [6, 6.07) is 5.73. The van der Waals surface area contributed by atoms with E-state index in [-0.39, 0.29) is 0 Å². The SMILES string of the molecule is COc1ccc(Cl)cc1CN(C)CCC(C)Br. The van der Waals surface area contributed by atoms with Gasteiger partial charge in [-0.05, 0) is 38.2 Å². The second-order valence-corrected chi connectivity index (χ2v) is 6.26. The third-order valence-corrected chi connectivity index (χ3v) is 3.28. The summed E-state index contributed by atoms with van der Waals surface area (Å²) in [7, 11) is 3.79. The molecule has 1 unspecified atom stereocenters. The molecule has 0 aliphatic carbocycles. The number of methoxy groups -OCH3 is 1. The molecule has 0 fully saturated rings. The van der Waals surface area contributed by atoms with E-state index in [9.17, 15) is 0 Å². The van der Waals surface area contributed by atoms with Gasteiger partial charge in [0, 0.05) is 22.0 Å². The Hall–Kier alpha value is -0.250. The predicted molar refractivity (Wildman–Crippen MR) is 77.3 cm³/mol. The summed E-state index contributed by atoms with van der Waals surface area (Å²) in [6.07, 6.45) is 1.12. The zero-order valence-electron chi connectivity index (χ0n) is 10.5. The Morgan fingerprint density at radius 3 is 2.76 bits per heavy atom. The summed E-state index contributed by atoms with van der Waals surface area (Å²) in [5.41, 5.74) is 1.13. The Kier molecular flexibility index (Phi) is 6.31. The van der Waals surface area contributed by atoms with E-state index in [0.717, 1.165) is 35.8 Å². The van der Waals surface area contributed by atoms with Crippen LogP contribution in [0.3, 0.4) is 0 Å². The Morgan fingerprint density at radius 1 is 1.47 bits per heavy atom. The van der Waals surface area contributed by atoms with Gasteiger partial charge in [0.2, 0.25) is 0 Å². The molecule has 0 spiro atoms. The number of hydrogen-bond acceptors (Lipinski definition) is 2. The third kappa shape index (κ3) is 5.28. The highest BCUT2D eigenvalue weighted by molar-refractivity contribution is 9.09. The summed E-state index contributed by atoms with van der Waals surface area (Å²) in [6.45, 7) is 4.05. The molecule has 96 valence electrons. The molecule has 0 heterocycles. The molecule has 4 heteroatoms. The lowest BCUT2D eigenvalue weighted by atomic mass is 10.2. The fraction of sp³-hybridized carbons (Fsp3) is 0.538. The first kappa shape index (κ1) is 14.8. The van der Waals surface area contributed by atoms with Gasteiger partial charge in [0.15, 0.2) is 0 Å². The van der Waals surface area contributed by atoms with Crippen LogP contribution in [0, 0.1) is 0 Å². The Balaban J connectivity index is 2.63. The zero-order chi connectivity index (χ0) is 12.8. The maximum atomic E-state index is 6.00. The fourth-order valence-corrected chi connectivity index (χ4v) is 2.04. The first-order valence-corrected chi connectivity index (χ1v) is 6.97. The van der Waals surface area contributed by atoms with Gasteiger partial charge in [-0.1, -0.05) is 34.5 Å². The number of alkyl halides is 1. The average Bonchev–Trinajstić information content (AvgIpc) is 2.27. The van der Waals surface area contributed by atoms with Gasteiger partial charge in [-0.15, -0.1) is 0 Å². The molecule has 1 rings (SSSR count). The first-order chi connectivity index (χ1) is 8.02. The van der Waals surface area contributed by atoms with Gasteiger partial charge >= 0.3 is 0 Å². The van der Waals surface area contributed by atoms with E-state index in [1.807, 2.05) is 18.2 Å². The molecule has 0 aliphatic rings. The van der Waals surface area contributed by atoms with Crippen molar-refractivity contribution >= 4 is 27.5 Å². The minimum absolute atomic E-state index is 0.547. The van der Waals surface area contributed by atoms with Crippen molar-refractivity contribution in [2.75, 3.05) is 20.7 Å². The summed E-state index contributed by atoms with van der Waals surface area (Å²) >= 11 is 9.56. The van der Waals surface area contributed by atoms with E-state index in [0.29, 0.717) is 4.83 Å². The van der Waals surface area contributed by atoms with Gasteiger partial charge in [-0.25, -0.2) is 0 Å². The molecule has 1 aromatic rings. The van der Waals surface area contributed by atoms with E-state index in [2.05, 4.69) is 34.8 Å². The number of rotatable bonds is 6. The molecule has 2 nitrogen and oxygen atoms in total. The number of nitrogens with zero attached hydrogens (tertiary/aromatic N) is 1. The highest BCUT2D eigenvalue weighted by Gasteiger charge is 2.08. The lowest BCUT2D eigenvalue weighted by Crippen LogP contribution is -2.21. The minimum atomic E-state index is 0.547. The molecule has 0 amide bonds. The molecule has 0 aliphatic heterocycles. The number of ether oxygens (including phenoxy) is 1. The van der Waals surface area contributed by atoms with Crippen molar-refractivity contribution in [2.45, 2.75) is 24.7 Å². The molecule has 1 atom stereocenters. The lowest BCUT2D eigenvalue weighted by molar-refractivity contribution is 0.314. The van der Waals surface area contributed by atoms with Crippen LogP contribution in [-0.4, -0.2) is 30.4 Å². The van der Waals surface area contributed by atoms with Crippen LogP contribution in [0.5, 0.6) is 5.75 Å². The van der Waals surface area contributed by atoms with Crippen molar-refractivity contribution in [3.63, 3.8) is 0 Å². The maximum Gasteiger partial charge on any atom is 0.123 e. The smallest absolute Gasteiger partial charge is 0.123 e. The molecular weight excluding hydrogens is 302 g/mol. The molecule has 0 saturated carbocycles. The van der Waals surface area contributed by atoms with E-state index < -0.39 is 0 Å². The predicted octanol–water partition coefficient (Wildman–Crippen LogP) is 3.95. The van der Waals surface area contributed by atoms with Gasteiger partial charge < -0.3 is 9.64 Å². The van der Waals surface area contributed by atoms with Crippen LogP contribution in [0.2, 0.25) is 5.02 Å². The van der Waals surface area contributed by atoms with Gasteiger partial charge in [-0.2, -0.15) is 0 Å². The van der Waals surface area contributed by atoms with Crippen LogP contribution < -0.4 is 4.74 Å². The molecule has 0 bridgehead atoms. The van der Waals surface area contributed by atoms with Crippen LogP contribution in [0.15, 0.2) is 18.2 Å². The zero-order valence-corrected chi connectivity index (χ0v) is 12.9. The number of halogens is 2. The van der Waals surface area contributed by atoms with Gasteiger partial charge in [-0.3, -0.25) is 0 Å². The molecule has 17 heavy (non-hydrogen) atoms. The van der Waals surface area contributed by atoms with Gasteiger partial charge in [0.25, 0.3) is 0 Å². The minimum Gasteiger partial charge on any atom is -0.496 e. The second-order valence-electron chi connectivity index (χ2n) is 4.26. The largest absolute Gasteiger partial charge is 0.496 e. The molecule has 0 saturated heterocycles. The van der Waals surface area contributed by atoms with Crippen molar-refractivity contribution in [1.82, 2.24) is 4.90 Å². The topological polar surface area (TPSA) is 12.5 Å². The normalized spacial score (nSPS) is 12.8. The van der Waals surface area contributed by atoms with Crippen LogP contribution in [0.25, 0.3) is 0 Å². The molecule has 0 radical (unpaired) electrons. The van der Waals surface area contributed by atoms with Crippen molar-refractivity contribution in [2.24, 2.45) is 0 Å². The Labute approximate surface area is 117 Å². The van der Waals surface area contributed by atoms with Crippen molar-refractivity contribution in [3.05, 3.63) is 28.8 Å². The van der Waals surface area contributed by atoms with E-state index >= 15 is 0 Å². The third-order valence-electron chi connectivity index (χ3n) is 2.59. The van der Waals surface area contributed by atoms with Crippen LogP contribution in [0.4, 0.5) is 0 Å². The number of benzene rings is 1. The molecule has 0 N–H and O–H groups in total. The highest BCUT2D eigenvalue weighted by Crippen LogP contribution is 2.23. The summed E-state index contributed by atoms with van der Waals surface area (Å²) in [5, 5.41) is 0.753. The van der Waals surface area contributed by atoms with Crippen molar-refractivity contribution in [1.29, 1.82) is 0 Å². The second kappa shape index (κ2) is 7.24. The van der Waals surface area contributed by atoms with Crippen LogP contribution in [0.1, 0.15) is 18.9 Å². The van der Waals surface area contributed by atoms with Gasteiger partial charge in [0.05, 0.1) is 7.11 Å². The van der Waals surface area contributed by atoms with E-state index in [1.165, 1.54) is 0 Å². The molecular formula is C13H19BrClNO. The summed E-state index contributed by atoms with van der Waals surface area (Å²) in [4.78, 5) is 2.82. The fourth-order valence-electron chi connectivity index (χ4n) is 1.64.